The first-order valence-electron chi connectivity index (χ1n) is 15.9. The summed E-state index contributed by atoms with van der Waals surface area (Å²) in [5.41, 5.74) is 21.3. The van der Waals surface area contributed by atoms with Crippen LogP contribution in [0.4, 0.5) is 0 Å². The van der Waals surface area contributed by atoms with E-state index in [1.807, 2.05) is 0 Å². The second-order valence-electron chi connectivity index (χ2n) is 12.8. The largest absolute Gasteiger partial charge is 0.0654 e. The summed E-state index contributed by atoms with van der Waals surface area (Å²) < 4.78 is 0. The molecule has 0 spiro atoms. The summed E-state index contributed by atoms with van der Waals surface area (Å²) in [6, 6.07) is 23.9. The predicted octanol–water partition coefficient (Wildman–Crippen LogP) is 11.3. The van der Waals surface area contributed by atoms with E-state index >= 15 is 0 Å². The maximum atomic E-state index is 2.43. The van der Waals surface area contributed by atoms with Crippen molar-refractivity contribution in [3.05, 3.63) is 116 Å². The number of benzene rings is 4. The first-order chi connectivity index (χ1) is 19.4. The molecule has 0 radical (unpaired) electrons. The Kier molecular flexibility index (Phi) is 7.47. The molecule has 0 fully saturated rings. The Morgan fingerprint density at radius 2 is 0.925 bits per heavy atom. The number of rotatable bonds is 9. The summed E-state index contributed by atoms with van der Waals surface area (Å²) in [4.78, 5) is 0. The quantitative estimate of drug-likeness (QED) is 0.176. The van der Waals surface area contributed by atoms with E-state index in [2.05, 4.69) is 102 Å². The topological polar surface area (TPSA) is 0 Å². The number of hydrogen-bond donors (Lipinski definition) is 0. The van der Waals surface area contributed by atoms with Crippen LogP contribution in [-0.2, 0) is 12.8 Å². The monoisotopic (exact) mass is 526 g/mol. The van der Waals surface area contributed by atoms with Crippen molar-refractivity contribution >= 4 is 0 Å². The van der Waals surface area contributed by atoms with Crippen molar-refractivity contribution in [2.24, 2.45) is 0 Å². The number of fused-ring (bicyclic) bond motifs is 6. The zero-order chi connectivity index (χ0) is 28.0. The fourth-order valence-electron chi connectivity index (χ4n) is 8.07. The van der Waals surface area contributed by atoms with Gasteiger partial charge in [-0.15, -0.1) is 0 Å². The highest BCUT2D eigenvalue weighted by atomic mass is 14.4. The highest BCUT2D eigenvalue weighted by Crippen LogP contribution is 2.51. The minimum absolute atomic E-state index is 0.549. The fraction of sp³-hybridized carbons (Fsp3) is 0.400. The van der Waals surface area contributed by atoms with Crippen LogP contribution >= 0.6 is 0 Å². The van der Waals surface area contributed by atoms with Crippen LogP contribution in [0, 0.1) is 27.7 Å². The van der Waals surface area contributed by atoms with Crippen molar-refractivity contribution in [1.29, 1.82) is 0 Å². The molecule has 0 amide bonds. The third-order valence-corrected chi connectivity index (χ3v) is 9.95. The zero-order valence-electron chi connectivity index (χ0n) is 25.6. The Labute approximate surface area is 242 Å². The molecule has 0 aliphatic heterocycles. The van der Waals surface area contributed by atoms with Crippen molar-refractivity contribution in [2.75, 3.05) is 0 Å². The van der Waals surface area contributed by atoms with Gasteiger partial charge in [-0.05, 0) is 132 Å². The Morgan fingerprint density at radius 3 is 1.32 bits per heavy atom. The molecule has 4 aromatic carbocycles. The van der Waals surface area contributed by atoms with Crippen molar-refractivity contribution in [3.8, 4) is 22.3 Å². The Morgan fingerprint density at radius 1 is 0.525 bits per heavy atom. The zero-order valence-corrected chi connectivity index (χ0v) is 25.6. The van der Waals surface area contributed by atoms with Crippen LogP contribution in [0.1, 0.15) is 120 Å². The summed E-state index contributed by atoms with van der Waals surface area (Å²) >= 11 is 0. The molecule has 40 heavy (non-hydrogen) atoms. The summed E-state index contributed by atoms with van der Waals surface area (Å²) in [5, 5.41) is 0. The van der Waals surface area contributed by atoms with E-state index in [-0.39, 0.29) is 0 Å². The molecule has 0 saturated heterocycles. The molecule has 0 bridgehead atoms. The molecule has 0 aromatic heterocycles. The molecule has 0 heteroatoms. The Balaban J connectivity index is 1.53. The lowest BCUT2D eigenvalue weighted by Gasteiger charge is -2.34. The van der Waals surface area contributed by atoms with E-state index in [4.69, 9.17) is 0 Å². The van der Waals surface area contributed by atoms with Gasteiger partial charge < -0.3 is 0 Å². The lowest BCUT2D eigenvalue weighted by molar-refractivity contribution is 0.444. The van der Waals surface area contributed by atoms with E-state index in [1.165, 1.54) is 94.2 Å². The van der Waals surface area contributed by atoms with Gasteiger partial charge in [0.1, 0.15) is 0 Å². The van der Waals surface area contributed by atoms with Crippen LogP contribution in [0.5, 0.6) is 0 Å². The smallest absolute Gasteiger partial charge is 0.00104 e. The van der Waals surface area contributed by atoms with Crippen molar-refractivity contribution < 1.29 is 0 Å². The van der Waals surface area contributed by atoms with Crippen LogP contribution in [0.2, 0.25) is 0 Å². The van der Waals surface area contributed by atoms with Crippen LogP contribution < -0.4 is 0 Å². The standard InChI is InChI=1S/C40H46/c1-7-9-11-35(39-27(5)15-19-33-31-17-13-25(3)21-29(31)23-37(33)39)36(12-10-8-2)40-28(6)16-20-34-32-18-14-26(4)22-30(32)24-38(34)40/h13-22,35-36H,7-12,23-24H2,1-6H3. The van der Waals surface area contributed by atoms with E-state index in [0.717, 1.165) is 12.8 Å². The lowest BCUT2D eigenvalue weighted by atomic mass is 9.70. The molecule has 4 aromatic rings. The van der Waals surface area contributed by atoms with Gasteiger partial charge in [-0.1, -0.05) is 111 Å². The maximum Gasteiger partial charge on any atom is -0.00104 e. The van der Waals surface area contributed by atoms with E-state index in [9.17, 15) is 0 Å². The summed E-state index contributed by atoms with van der Waals surface area (Å²) in [6.07, 6.45) is 9.79. The SMILES string of the molecule is CCCCC(c1c(C)ccc2c1Cc1cc(C)ccc1-2)C(CCCC)c1c(C)ccc2c1Cc1cc(C)ccc1-2. The minimum Gasteiger partial charge on any atom is -0.0654 e. The second-order valence-corrected chi connectivity index (χ2v) is 12.8. The van der Waals surface area contributed by atoms with Gasteiger partial charge in [0.25, 0.3) is 0 Å². The van der Waals surface area contributed by atoms with Crippen LogP contribution in [0.15, 0.2) is 60.7 Å². The van der Waals surface area contributed by atoms with Gasteiger partial charge in [0, 0.05) is 0 Å². The van der Waals surface area contributed by atoms with Gasteiger partial charge in [0.05, 0.1) is 0 Å². The molecule has 2 aliphatic carbocycles. The van der Waals surface area contributed by atoms with Gasteiger partial charge in [0.15, 0.2) is 0 Å². The summed E-state index contributed by atoms with van der Waals surface area (Å²) in [7, 11) is 0. The van der Waals surface area contributed by atoms with Gasteiger partial charge in [0.2, 0.25) is 0 Å². The molecule has 2 atom stereocenters. The van der Waals surface area contributed by atoms with Crippen molar-refractivity contribution in [2.45, 2.75) is 105 Å². The normalized spacial score (nSPS) is 14.4. The van der Waals surface area contributed by atoms with Gasteiger partial charge in [-0.25, -0.2) is 0 Å². The van der Waals surface area contributed by atoms with Crippen LogP contribution in [0.25, 0.3) is 22.3 Å². The predicted molar refractivity (Wildman–Crippen MR) is 173 cm³/mol. The molecule has 0 N–H and O–H groups in total. The molecule has 6 rings (SSSR count). The highest BCUT2D eigenvalue weighted by molar-refractivity contribution is 5.81. The first kappa shape index (κ1) is 27.1. The molecule has 0 saturated carbocycles. The van der Waals surface area contributed by atoms with Gasteiger partial charge >= 0.3 is 0 Å². The minimum atomic E-state index is 0.549. The Bertz CT molecular complexity index is 1450. The average Bonchev–Trinajstić information content (AvgIpc) is 3.48. The van der Waals surface area contributed by atoms with Gasteiger partial charge in [-0.3, -0.25) is 0 Å². The van der Waals surface area contributed by atoms with E-state index in [0.29, 0.717) is 11.8 Å². The summed E-state index contributed by atoms with van der Waals surface area (Å²) in [6.45, 7) is 14.0. The van der Waals surface area contributed by atoms with Crippen LogP contribution in [0.3, 0.4) is 0 Å². The lowest BCUT2D eigenvalue weighted by Crippen LogP contribution is -2.18. The third kappa shape index (κ3) is 4.64. The summed E-state index contributed by atoms with van der Waals surface area (Å²) in [5.74, 6) is 1.10. The second kappa shape index (κ2) is 11.0. The molecule has 0 heterocycles. The van der Waals surface area contributed by atoms with E-state index < -0.39 is 0 Å². The molecular weight excluding hydrogens is 480 g/mol. The first-order valence-corrected chi connectivity index (χ1v) is 15.9. The number of hydrogen-bond acceptors (Lipinski definition) is 0. The van der Waals surface area contributed by atoms with Gasteiger partial charge in [-0.2, -0.15) is 0 Å². The third-order valence-electron chi connectivity index (χ3n) is 9.95. The van der Waals surface area contributed by atoms with Crippen LogP contribution in [-0.4, -0.2) is 0 Å². The maximum absolute atomic E-state index is 2.43. The molecular formula is C40H46. The fourth-order valence-corrected chi connectivity index (χ4v) is 8.07. The molecule has 0 nitrogen and oxygen atoms in total. The number of unbranched alkanes of at least 4 members (excludes halogenated alkanes) is 2. The van der Waals surface area contributed by atoms with Crippen molar-refractivity contribution in [3.63, 3.8) is 0 Å². The highest BCUT2D eigenvalue weighted by Gasteiger charge is 2.34. The van der Waals surface area contributed by atoms with E-state index in [1.54, 1.807) is 22.3 Å². The number of aryl methyl sites for hydroxylation is 4. The average molecular weight is 527 g/mol. The molecule has 2 aliphatic rings. The van der Waals surface area contributed by atoms with Crippen molar-refractivity contribution in [1.82, 2.24) is 0 Å². The molecule has 206 valence electrons. The molecule has 2 unspecified atom stereocenters. The Hall–Kier alpha value is -3.12.